The van der Waals surface area contributed by atoms with Crippen LogP contribution in [-0.4, -0.2) is 23.4 Å². The van der Waals surface area contributed by atoms with Crippen molar-refractivity contribution in [2.45, 2.75) is 58.3 Å². The van der Waals surface area contributed by atoms with Crippen LogP contribution in [0.3, 0.4) is 0 Å². The molecule has 2 aromatic carbocycles. The number of carbonyl (C=O) groups is 1. The van der Waals surface area contributed by atoms with Crippen molar-refractivity contribution in [1.29, 1.82) is 0 Å². The Morgan fingerprint density at radius 3 is 2.31 bits per heavy atom. The Bertz CT molecular complexity index is 750. The third kappa shape index (κ3) is 7.31. The second-order valence-corrected chi connectivity index (χ2v) is 7.74. The quantitative estimate of drug-likeness (QED) is 0.697. The maximum atomic E-state index is 12.3. The molecule has 1 aliphatic heterocycles. The Labute approximate surface area is 187 Å². The standard InChI is InChI=1S/C23H31N3O.2ClH/c1-17-6-12-21(13-7-17)22(24)23(27)25-15-19-8-10-20(11-9-19)16-26-14-4-3-5-18(26)2;;/h6-13,18,22H,3-5,14-16,24H2,1-2H3,(H,25,27);2*1H. The van der Waals surface area contributed by atoms with Gasteiger partial charge in [0.15, 0.2) is 0 Å². The van der Waals surface area contributed by atoms with Crippen molar-refractivity contribution >= 4 is 30.7 Å². The smallest absolute Gasteiger partial charge is 0.241 e. The molecule has 6 heteroatoms. The zero-order valence-corrected chi connectivity index (χ0v) is 18.9. The van der Waals surface area contributed by atoms with E-state index in [9.17, 15) is 4.79 Å². The molecule has 1 amide bonds. The van der Waals surface area contributed by atoms with Crippen LogP contribution in [0.25, 0.3) is 0 Å². The molecular weight excluding hydrogens is 405 g/mol. The molecule has 3 rings (SSSR count). The number of nitrogens with one attached hydrogen (secondary N) is 1. The van der Waals surface area contributed by atoms with Crippen molar-refractivity contribution in [3.8, 4) is 0 Å². The summed E-state index contributed by atoms with van der Waals surface area (Å²) in [6, 6.07) is 16.3. The van der Waals surface area contributed by atoms with E-state index in [0.29, 0.717) is 12.6 Å². The van der Waals surface area contributed by atoms with Gasteiger partial charge in [-0.25, -0.2) is 0 Å². The largest absolute Gasteiger partial charge is 0.350 e. The Balaban J connectivity index is 0.00000210. The van der Waals surface area contributed by atoms with Crippen LogP contribution in [0.15, 0.2) is 48.5 Å². The molecule has 2 unspecified atom stereocenters. The lowest BCUT2D eigenvalue weighted by molar-refractivity contribution is -0.122. The number of rotatable bonds is 6. The van der Waals surface area contributed by atoms with E-state index in [1.54, 1.807) is 0 Å². The Hall–Kier alpha value is -1.59. The molecule has 0 aliphatic carbocycles. The highest BCUT2D eigenvalue weighted by Gasteiger charge is 2.18. The summed E-state index contributed by atoms with van der Waals surface area (Å²) in [4.78, 5) is 14.9. The van der Waals surface area contributed by atoms with Gasteiger partial charge >= 0.3 is 0 Å². The Kier molecular flexibility index (Phi) is 10.7. The molecule has 1 saturated heterocycles. The molecule has 1 heterocycles. The fourth-order valence-electron chi connectivity index (χ4n) is 3.61. The van der Waals surface area contributed by atoms with Crippen LogP contribution in [0, 0.1) is 6.92 Å². The highest BCUT2D eigenvalue weighted by molar-refractivity contribution is 5.85. The molecule has 160 valence electrons. The van der Waals surface area contributed by atoms with Gasteiger partial charge in [-0.3, -0.25) is 9.69 Å². The van der Waals surface area contributed by atoms with Gasteiger partial charge in [-0.2, -0.15) is 0 Å². The van der Waals surface area contributed by atoms with E-state index in [1.807, 2.05) is 31.2 Å². The number of hydrogen-bond donors (Lipinski definition) is 2. The number of benzene rings is 2. The van der Waals surface area contributed by atoms with Crippen LogP contribution in [0.5, 0.6) is 0 Å². The second-order valence-electron chi connectivity index (χ2n) is 7.74. The summed E-state index contributed by atoms with van der Waals surface area (Å²) in [6.45, 7) is 7.03. The van der Waals surface area contributed by atoms with Crippen molar-refractivity contribution < 1.29 is 4.79 Å². The van der Waals surface area contributed by atoms with E-state index in [4.69, 9.17) is 5.73 Å². The fraction of sp³-hybridized carbons (Fsp3) is 0.435. The number of hydrogen-bond acceptors (Lipinski definition) is 3. The lowest BCUT2D eigenvalue weighted by atomic mass is 10.0. The van der Waals surface area contributed by atoms with E-state index >= 15 is 0 Å². The zero-order valence-electron chi connectivity index (χ0n) is 17.3. The van der Waals surface area contributed by atoms with E-state index in [2.05, 4.69) is 41.4 Å². The average Bonchev–Trinajstić information content (AvgIpc) is 2.69. The first-order chi connectivity index (χ1) is 13.0. The topological polar surface area (TPSA) is 58.4 Å². The molecule has 0 radical (unpaired) electrons. The van der Waals surface area contributed by atoms with Crippen LogP contribution in [0.1, 0.15) is 54.5 Å². The van der Waals surface area contributed by atoms with Crippen molar-refractivity contribution in [2.75, 3.05) is 6.54 Å². The summed E-state index contributed by atoms with van der Waals surface area (Å²) in [5.74, 6) is -0.148. The van der Waals surface area contributed by atoms with Gasteiger partial charge in [0.2, 0.25) is 5.91 Å². The first-order valence-electron chi connectivity index (χ1n) is 9.94. The van der Waals surface area contributed by atoms with Crippen LogP contribution in [-0.2, 0) is 17.9 Å². The van der Waals surface area contributed by atoms with Gasteiger partial charge < -0.3 is 11.1 Å². The first-order valence-corrected chi connectivity index (χ1v) is 9.94. The van der Waals surface area contributed by atoms with Crippen molar-refractivity contribution in [3.63, 3.8) is 0 Å². The van der Waals surface area contributed by atoms with Crippen molar-refractivity contribution in [3.05, 3.63) is 70.8 Å². The number of halogens is 2. The highest BCUT2D eigenvalue weighted by Crippen LogP contribution is 2.19. The molecular formula is C23H33Cl2N3O. The molecule has 2 aromatic rings. The number of nitrogens with zero attached hydrogens (tertiary/aromatic N) is 1. The van der Waals surface area contributed by atoms with Crippen LogP contribution in [0.4, 0.5) is 0 Å². The van der Waals surface area contributed by atoms with Gasteiger partial charge in [-0.15, -0.1) is 24.8 Å². The summed E-state index contributed by atoms with van der Waals surface area (Å²) in [5, 5.41) is 2.95. The molecule has 0 spiro atoms. The maximum Gasteiger partial charge on any atom is 0.241 e. The summed E-state index contributed by atoms with van der Waals surface area (Å²) in [5.41, 5.74) is 10.5. The van der Waals surface area contributed by atoms with Gasteiger partial charge in [-0.1, -0.05) is 60.5 Å². The number of aryl methyl sites for hydroxylation is 1. The Morgan fingerprint density at radius 2 is 1.69 bits per heavy atom. The first kappa shape index (κ1) is 25.4. The Morgan fingerprint density at radius 1 is 1.07 bits per heavy atom. The predicted octanol–water partition coefficient (Wildman–Crippen LogP) is 4.53. The van der Waals surface area contributed by atoms with Gasteiger partial charge in [0.05, 0.1) is 0 Å². The number of amides is 1. The number of likely N-dealkylation sites (tertiary alicyclic amines) is 1. The lowest BCUT2D eigenvalue weighted by Crippen LogP contribution is -2.36. The monoisotopic (exact) mass is 437 g/mol. The van der Waals surface area contributed by atoms with Gasteiger partial charge in [-0.05, 0) is 49.9 Å². The molecule has 1 fully saturated rings. The third-order valence-electron chi connectivity index (χ3n) is 5.53. The zero-order chi connectivity index (χ0) is 19.2. The number of nitrogens with two attached hydrogens (primary N) is 1. The predicted molar refractivity (Wildman–Crippen MR) is 125 cm³/mol. The SMILES string of the molecule is Cc1ccc(C(N)C(=O)NCc2ccc(CN3CCCCC3C)cc2)cc1.Cl.Cl. The summed E-state index contributed by atoms with van der Waals surface area (Å²) < 4.78 is 0. The maximum absolute atomic E-state index is 12.3. The molecule has 0 bridgehead atoms. The molecule has 1 aliphatic rings. The van der Waals surface area contributed by atoms with Gasteiger partial charge in [0, 0.05) is 19.1 Å². The molecule has 3 N–H and O–H groups in total. The summed E-state index contributed by atoms with van der Waals surface area (Å²) in [6.07, 6.45) is 3.95. The third-order valence-corrected chi connectivity index (χ3v) is 5.53. The average molecular weight is 438 g/mol. The molecule has 0 saturated carbocycles. The van der Waals surface area contributed by atoms with Crippen LogP contribution in [0.2, 0.25) is 0 Å². The number of carbonyl (C=O) groups excluding carboxylic acids is 1. The van der Waals surface area contributed by atoms with Crippen molar-refractivity contribution in [1.82, 2.24) is 10.2 Å². The molecule has 4 nitrogen and oxygen atoms in total. The van der Waals surface area contributed by atoms with Gasteiger partial charge in [0.1, 0.15) is 6.04 Å². The minimum absolute atomic E-state index is 0. The fourth-order valence-corrected chi connectivity index (χ4v) is 3.61. The lowest BCUT2D eigenvalue weighted by Gasteiger charge is -2.33. The highest BCUT2D eigenvalue weighted by atomic mass is 35.5. The van der Waals surface area contributed by atoms with E-state index in [-0.39, 0.29) is 30.7 Å². The normalized spacial score (nSPS) is 17.6. The van der Waals surface area contributed by atoms with Crippen molar-refractivity contribution in [2.24, 2.45) is 5.73 Å². The summed E-state index contributed by atoms with van der Waals surface area (Å²) in [7, 11) is 0. The molecule has 2 atom stereocenters. The van der Waals surface area contributed by atoms with Crippen LogP contribution >= 0.6 is 24.8 Å². The molecule has 29 heavy (non-hydrogen) atoms. The van der Waals surface area contributed by atoms with Crippen LogP contribution < -0.4 is 11.1 Å². The van der Waals surface area contributed by atoms with E-state index < -0.39 is 6.04 Å². The summed E-state index contributed by atoms with van der Waals surface area (Å²) >= 11 is 0. The number of piperidine rings is 1. The van der Waals surface area contributed by atoms with E-state index in [1.165, 1.54) is 31.4 Å². The molecule has 0 aromatic heterocycles. The van der Waals surface area contributed by atoms with Gasteiger partial charge in [0.25, 0.3) is 0 Å². The minimum atomic E-state index is -0.634. The second kappa shape index (κ2) is 12.2. The minimum Gasteiger partial charge on any atom is -0.350 e. The van der Waals surface area contributed by atoms with E-state index in [0.717, 1.165) is 23.2 Å².